The number of anilines is 1. The van der Waals surface area contributed by atoms with Crippen molar-refractivity contribution in [1.29, 1.82) is 0 Å². The number of pyridine rings is 1. The summed E-state index contributed by atoms with van der Waals surface area (Å²) in [4.78, 5) is 53.5. The number of aliphatic hydroxyl groups excluding tert-OH is 2. The van der Waals surface area contributed by atoms with Gasteiger partial charge in [-0.1, -0.05) is 71.3 Å². The first-order chi connectivity index (χ1) is 24.5. The van der Waals surface area contributed by atoms with Crippen molar-refractivity contribution in [3.8, 4) is 0 Å². The first-order valence-electron chi connectivity index (χ1n) is 19.3. The van der Waals surface area contributed by atoms with Gasteiger partial charge in [0.15, 0.2) is 5.13 Å². The molecule has 12 heteroatoms. The zero-order valence-corrected chi connectivity index (χ0v) is 31.9. The lowest BCUT2D eigenvalue weighted by Crippen LogP contribution is -2.55. The van der Waals surface area contributed by atoms with Crippen LogP contribution in [0, 0.1) is 23.7 Å². The van der Waals surface area contributed by atoms with Gasteiger partial charge in [-0.25, -0.2) is 4.98 Å². The van der Waals surface area contributed by atoms with Crippen LogP contribution < -0.4 is 11.1 Å². The Labute approximate surface area is 308 Å². The van der Waals surface area contributed by atoms with Crippen molar-refractivity contribution in [2.45, 2.75) is 128 Å². The molecule has 0 saturated heterocycles. The molecule has 2 heterocycles. The third-order valence-electron chi connectivity index (χ3n) is 10.8. The number of thiazole rings is 1. The number of amides is 3. The van der Waals surface area contributed by atoms with Gasteiger partial charge in [0.05, 0.1) is 30.3 Å². The minimum atomic E-state index is -1.11. The average Bonchev–Trinajstić information content (AvgIpc) is 3.55. The summed E-state index contributed by atoms with van der Waals surface area (Å²) in [5, 5.41) is 28.2. The Morgan fingerprint density at radius 1 is 1.04 bits per heavy atom. The van der Waals surface area contributed by atoms with Gasteiger partial charge < -0.3 is 31.1 Å². The van der Waals surface area contributed by atoms with Gasteiger partial charge in [-0.3, -0.25) is 19.4 Å². The van der Waals surface area contributed by atoms with Crippen LogP contribution in [0.5, 0.6) is 0 Å². The van der Waals surface area contributed by atoms with E-state index in [9.17, 15) is 24.6 Å². The van der Waals surface area contributed by atoms with Crippen LogP contribution in [0.3, 0.4) is 0 Å². The topological polar surface area (TPSA) is 162 Å². The molecule has 0 aliphatic heterocycles. The van der Waals surface area contributed by atoms with E-state index in [0.717, 1.165) is 56.9 Å². The molecular weight excluding hydrogens is 665 g/mol. The Kier molecular flexibility index (Phi) is 16.6. The molecule has 11 nitrogen and oxygen atoms in total. The quantitative estimate of drug-likeness (QED) is 0.157. The Hall–Kier alpha value is -3.09. The van der Waals surface area contributed by atoms with E-state index < -0.39 is 30.1 Å². The van der Waals surface area contributed by atoms with E-state index in [1.165, 1.54) is 24.2 Å². The Bertz CT molecular complexity index is 1350. The van der Waals surface area contributed by atoms with E-state index in [0.29, 0.717) is 49.1 Å². The summed E-state index contributed by atoms with van der Waals surface area (Å²) in [6.07, 6.45) is 14.1. The summed E-state index contributed by atoms with van der Waals surface area (Å²) >= 11 is 1.29. The summed E-state index contributed by atoms with van der Waals surface area (Å²) in [6.45, 7) is 4.83. The summed E-state index contributed by atoms with van der Waals surface area (Å²) < 4.78 is 0. The third-order valence-corrected chi connectivity index (χ3v) is 11.5. The standard InChI is InChI=1S/C39H62N6O5S/c1-27(2)19-34(46)37(49)33(20-28-11-6-4-7-12-28)45(25-30-13-8-5-9-14-30)38(50)31(21-32-26-51-39(40)43-32)22-35(47)42-24-36(48)44(3)18-16-29-15-10-17-41-23-29/h10,15,17,23,26-28,30-31,33-34,37,46,49H,4-9,11-14,16,18-22,24-25H2,1-3H3,(H2,40,43)(H,42,47)/t31-,33+,34+,37-/m1/s1. The molecule has 0 spiro atoms. The van der Waals surface area contributed by atoms with Crippen molar-refractivity contribution in [3.05, 3.63) is 41.2 Å². The molecule has 2 aliphatic rings. The fourth-order valence-corrected chi connectivity index (χ4v) is 8.43. The molecule has 2 aliphatic carbocycles. The zero-order chi connectivity index (χ0) is 36.8. The summed E-state index contributed by atoms with van der Waals surface area (Å²) in [6, 6.07) is 3.25. The van der Waals surface area contributed by atoms with Crippen LogP contribution in [0.4, 0.5) is 5.13 Å². The highest BCUT2D eigenvalue weighted by molar-refractivity contribution is 7.13. The van der Waals surface area contributed by atoms with Crippen molar-refractivity contribution in [3.63, 3.8) is 0 Å². The van der Waals surface area contributed by atoms with Gasteiger partial charge in [-0.05, 0) is 61.5 Å². The molecule has 0 radical (unpaired) electrons. The highest BCUT2D eigenvalue weighted by Crippen LogP contribution is 2.34. The number of hydrogen-bond acceptors (Lipinski definition) is 9. The highest BCUT2D eigenvalue weighted by Gasteiger charge is 2.40. The number of aliphatic hydroxyl groups is 2. The van der Waals surface area contributed by atoms with Gasteiger partial charge in [0.2, 0.25) is 17.7 Å². The molecule has 2 saturated carbocycles. The molecule has 0 aromatic carbocycles. The van der Waals surface area contributed by atoms with Crippen molar-refractivity contribution in [1.82, 2.24) is 25.1 Å². The maximum atomic E-state index is 15.0. The number of aromatic nitrogens is 2. The molecule has 5 N–H and O–H groups in total. The van der Waals surface area contributed by atoms with E-state index >= 15 is 0 Å². The first-order valence-corrected chi connectivity index (χ1v) is 20.1. The first kappa shape index (κ1) is 40.7. The normalized spacial score (nSPS) is 18.2. The van der Waals surface area contributed by atoms with E-state index in [1.807, 2.05) is 36.3 Å². The van der Waals surface area contributed by atoms with Crippen LogP contribution in [0.15, 0.2) is 29.9 Å². The summed E-state index contributed by atoms with van der Waals surface area (Å²) in [5.41, 5.74) is 7.63. The predicted molar refractivity (Wildman–Crippen MR) is 202 cm³/mol. The van der Waals surface area contributed by atoms with E-state index in [4.69, 9.17) is 5.73 Å². The number of carbonyl (C=O) groups excluding carboxylic acids is 3. The van der Waals surface area contributed by atoms with Crippen molar-refractivity contribution in [2.24, 2.45) is 23.7 Å². The van der Waals surface area contributed by atoms with Gasteiger partial charge in [0, 0.05) is 50.8 Å². The molecule has 4 atom stereocenters. The number of likely N-dealkylation sites (N-methyl/N-ethyl adjacent to an activating group) is 1. The van der Waals surface area contributed by atoms with Crippen molar-refractivity contribution < 1.29 is 24.6 Å². The van der Waals surface area contributed by atoms with Crippen LogP contribution in [0.25, 0.3) is 0 Å². The highest BCUT2D eigenvalue weighted by atomic mass is 32.1. The van der Waals surface area contributed by atoms with Gasteiger partial charge in [0.1, 0.15) is 6.10 Å². The monoisotopic (exact) mass is 726 g/mol. The lowest BCUT2D eigenvalue weighted by atomic mass is 9.80. The molecule has 2 aromatic heterocycles. The molecule has 0 bridgehead atoms. The molecule has 2 aromatic rings. The lowest BCUT2D eigenvalue weighted by Gasteiger charge is -2.42. The molecule has 3 amide bonds. The van der Waals surface area contributed by atoms with Crippen LogP contribution in [0.1, 0.15) is 109 Å². The minimum absolute atomic E-state index is 0.134. The molecule has 2 fully saturated rings. The number of nitrogens with one attached hydrogen (secondary N) is 1. The molecule has 4 rings (SSSR count). The number of nitrogen functional groups attached to an aromatic ring is 1. The SMILES string of the molecule is CC(C)C[C@H](O)[C@H](O)[C@H](CC1CCCCC1)N(CC1CCCCC1)C(=O)[C@@H](CC(=O)NCC(=O)N(C)CCc1cccnc1)Cc1csc(N)n1. The largest absolute Gasteiger partial charge is 0.390 e. The zero-order valence-electron chi connectivity index (χ0n) is 31.0. The molecule has 0 unspecified atom stereocenters. The van der Waals surface area contributed by atoms with Crippen LogP contribution >= 0.6 is 11.3 Å². The predicted octanol–water partition coefficient (Wildman–Crippen LogP) is 5.00. The second kappa shape index (κ2) is 20.8. The molecule has 51 heavy (non-hydrogen) atoms. The smallest absolute Gasteiger partial charge is 0.241 e. The van der Waals surface area contributed by atoms with Crippen molar-refractivity contribution in [2.75, 3.05) is 32.4 Å². The average molecular weight is 727 g/mol. The van der Waals surface area contributed by atoms with E-state index in [2.05, 4.69) is 15.3 Å². The number of nitrogens with zero attached hydrogens (tertiary/aromatic N) is 4. The third kappa shape index (κ3) is 13.4. The number of hydrogen-bond donors (Lipinski definition) is 4. The second-order valence-electron chi connectivity index (χ2n) is 15.5. The van der Waals surface area contributed by atoms with Crippen LogP contribution in [-0.2, 0) is 27.2 Å². The Morgan fingerprint density at radius 2 is 1.73 bits per heavy atom. The molecule has 284 valence electrons. The summed E-state index contributed by atoms with van der Waals surface area (Å²) in [5.74, 6) is -0.793. The van der Waals surface area contributed by atoms with Gasteiger partial charge >= 0.3 is 0 Å². The molecular formula is C39H62N6O5S. The minimum Gasteiger partial charge on any atom is -0.390 e. The lowest BCUT2D eigenvalue weighted by molar-refractivity contribution is -0.147. The number of nitrogens with two attached hydrogens (primary N) is 1. The van der Waals surface area contributed by atoms with E-state index in [1.54, 1.807) is 24.3 Å². The van der Waals surface area contributed by atoms with Gasteiger partial charge in [-0.15, -0.1) is 11.3 Å². The van der Waals surface area contributed by atoms with Crippen molar-refractivity contribution >= 4 is 34.2 Å². The van der Waals surface area contributed by atoms with E-state index in [-0.39, 0.29) is 43.0 Å². The van der Waals surface area contributed by atoms with Crippen LogP contribution in [-0.4, -0.2) is 92.6 Å². The van der Waals surface area contributed by atoms with Gasteiger partial charge in [-0.2, -0.15) is 0 Å². The Morgan fingerprint density at radius 3 is 2.33 bits per heavy atom. The maximum Gasteiger partial charge on any atom is 0.241 e. The second-order valence-corrected chi connectivity index (χ2v) is 16.4. The summed E-state index contributed by atoms with van der Waals surface area (Å²) in [7, 11) is 1.71. The fourth-order valence-electron chi connectivity index (χ4n) is 7.85. The number of carbonyl (C=O) groups is 3. The maximum absolute atomic E-state index is 15.0. The van der Waals surface area contributed by atoms with Crippen LogP contribution in [0.2, 0.25) is 0 Å². The Balaban J connectivity index is 1.55. The van der Waals surface area contributed by atoms with Gasteiger partial charge in [0.25, 0.3) is 0 Å². The number of rotatable bonds is 19. The fraction of sp³-hybridized carbons (Fsp3) is 0.718.